The van der Waals surface area contributed by atoms with Gasteiger partial charge in [-0.2, -0.15) is 0 Å². The van der Waals surface area contributed by atoms with Crippen LogP contribution in [0.15, 0.2) is 90.0 Å². The molecule has 0 spiro atoms. The predicted molar refractivity (Wildman–Crippen MR) is 158 cm³/mol. The van der Waals surface area contributed by atoms with E-state index in [9.17, 15) is 9.59 Å². The van der Waals surface area contributed by atoms with Crippen LogP contribution >= 0.6 is 0 Å². The zero-order valence-electron chi connectivity index (χ0n) is 22.5. The van der Waals surface area contributed by atoms with Gasteiger partial charge in [0, 0.05) is 36.1 Å². The van der Waals surface area contributed by atoms with E-state index in [4.69, 9.17) is 5.11 Å². The van der Waals surface area contributed by atoms with E-state index in [0.29, 0.717) is 5.69 Å². The quantitative estimate of drug-likeness (QED) is 0.330. The van der Waals surface area contributed by atoms with E-state index >= 15 is 0 Å². The first-order valence-electron chi connectivity index (χ1n) is 13.1. The molecule has 6 rings (SSSR count). The number of pyridine rings is 2. The van der Waals surface area contributed by atoms with Crippen molar-refractivity contribution in [2.24, 2.45) is 7.05 Å². The molecular formula is C32H29N5O3. The number of carbonyl (C=O) groups excluding carboxylic acids is 1. The Morgan fingerprint density at radius 3 is 2.45 bits per heavy atom. The number of benzene rings is 3. The molecule has 6 aromatic rings. The lowest BCUT2D eigenvalue weighted by Gasteiger charge is -2.24. The maximum atomic E-state index is 13.5. The van der Waals surface area contributed by atoms with Gasteiger partial charge in [-0.25, -0.2) is 4.79 Å². The Hall–Kier alpha value is -4.82. The third-order valence-electron chi connectivity index (χ3n) is 7.62. The van der Waals surface area contributed by atoms with Crippen molar-refractivity contribution in [1.82, 2.24) is 24.4 Å². The van der Waals surface area contributed by atoms with Crippen molar-refractivity contribution in [3.8, 4) is 16.8 Å². The van der Waals surface area contributed by atoms with Crippen molar-refractivity contribution in [3.05, 3.63) is 101 Å². The molecule has 0 bridgehead atoms. The number of nitrogens with zero attached hydrogens (tertiary/aromatic N) is 4. The minimum atomic E-state index is -0.809. The van der Waals surface area contributed by atoms with Crippen LogP contribution in [0.3, 0.4) is 0 Å². The van der Waals surface area contributed by atoms with Gasteiger partial charge in [0.05, 0.1) is 46.0 Å². The molecule has 0 atom stereocenters. The zero-order valence-corrected chi connectivity index (χ0v) is 22.5. The van der Waals surface area contributed by atoms with E-state index in [2.05, 4.69) is 27.4 Å². The third-order valence-corrected chi connectivity index (χ3v) is 7.62. The summed E-state index contributed by atoms with van der Waals surface area (Å²) >= 11 is 0. The van der Waals surface area contributed by atoms with E-state index < -0.39 is 5.41 Å². The molecule has 1 amide bonds. The predicted octanol–water partition coefficient (Wildman–Crippen LogP) is 4.48. The van der Waals surface area contributed by atoms with Crippen LogP contribution in [0, 0.1) is 0 Å². The SMILES string of the molecule is Cn1c(=O)n(-c2ccc(C(C)(C)C(=O)NCCO)cc2)c2c3cc(-c4cnc5ccccc5c4)ccc3ncc21. The standard InChI is InChI=1S/C32H29N5O3/c1-32(2,30(39)33-14-15-38)23-9-11-24(12-10-23)37-29-25-17-20(22-16-21-6-4-5-7-26(21)34-18-22)8-13-27(25)35-19-28(29)36(3)31(37)40/h4-13,16-19,38H,14-15H2,1-3H3,(H,33,39). The van der Waals surface area contributed by atoms with Gasteiger partial charge in [0.1, 0.15) is 0 Å². The van der Waals surface area contributed by atoms with Crippen molar-refractivity contribution >= 4 is 38.7 Å². The number of nitrogens with one attached hydrogen (secondary N) is 1. The number of aromatic nitrogens is 4. The topological polar surface area (TPSA) is 102 Å². The molecule has 0 radical (unpaired) electrons. The maximum absolute atomic E-state index is 13.5. The normalized spacial score (nSPS) is 11.9. The third kappa shape index (κ3) is 4.13. The van der Waals surface area contributed by atoms with E-state index in [-0.39, 0.29) is 24.7 Å². The van der Waals surface area contributed by atoms with Crippen LogP contribution in [0.4, 0.5) is 0 Å². The van der Waals surface area contributed by atoms with Gasteiger partial charge in [0.15, 0.2) is 0 Å². The number of para-hydroxylation sites is 1. The number of aliphatic hydroxyl groups excluding tert-OH is 1. The monoisotopic (exact) mass is 531 g/mol. The van der Waals surface area contributed by atoms with Crippen molar-refractivity contribution in [1.29, 1.82) is 0 Å². The van der Waals surface area contributed by atoms with Crippen molar-refractivity contribution < 1.29 is 9.90 Å². The number of fused-ring (bicyclic) bond motifs is 4. The highest BCUT2D eigenvalue weighted by atomic mass is 16.3. The Morgan fingerprint density at radius 1 is 0.925 bits per heavy atom. The van der Waals surface area contributed by atoms with E-state index in [1.807, 2.05) is 80.7 Å². The fourth-order valence-electron chi connectivity index (χ4n) is 5.19. The summed E-state index contributed by atoms with van der Waals surface area (Å²) in [5.74, 6) is -0.176. The maximum Gasteiger partial charge on any atom is 0.333 e. The van der Waals surface area contributed by atoms with Crippen LogP contribution in [0.2, 0.25) is 0 Å². The first-order valence-corrected chi connectivity index (χ1v) is 13.1. The highest BCUT2D eigenvalue weighted by Gasteiger charge is 2.29. The second-order valence-electron chi connectivity index (χ2n) is 10.5. The Morgan fingerprint density at radius 2 is 1.68 bits per heavy atom. The van der Waals surface area contributed by atoms with Crippen LogP contribution in [0.1, 0.15) is 19.4 Å². The number of carbonyl (C=O) groups is 1. The molecule has 0 fully saturated rings. The van der Waals surface area contributed by atoms with E-state index in [1.54, 1.807) is 22.4 Å². The van der Waals surface area contributed by atoms with Gasteiger partial charge in [-0.1, -0.05) is 36.4 Å². The van der Waals surface area contributed by atoms with Crippen molar-refractivity contribution in [3.63, 3.8) is 0 Å². The lowest BCUT2D eigenvalue weighted by Crippen LogP contribution is -2.41. The summed E-state index contributed by atoms with van der Waals surface area (Å²) in [6, 6.07) is 23.6. The number of imidazole rings is 1. The molecule has 2 N–H and O–H groups in total. The molecule has 3 heterocycles. The molecule has 0 aliphatic heterocycles. The lowest BCUT2D eigenvalue weighted by atomic mass is 9.83. The first kappa shape index (κ1) is 25.5. The summed E-state index contributed by atoms with van der Waals surface area (Å²) in [6.45, 7) is 3.75. The van der Waals surface area contributed by atoms with Crippen LogP contribution in [0.25, 0.3) is 49.7 Å². The summed E-state index contributed by atoms with van der Waals surface area (Å²) in [7, 11) is 1.74. The molecule has 0 saturated heterocycles. The number of aliphatic hydroxyl groups is 1. The molecule has 8 nitrogen and oxygen atoms in total. The molecule has 0 aliphatic carbocycles. The largest absolute Gasteiger partial charge is 0.395 e. The Balaban J connectivity index is 1.49. The summed E-state index contributed by atoms with van der Waals surface area (Å²) in [5.41, 5.74) is 5.66. The van der Waals surface area contributed by atoms with Gasteiger partial charge >= 0.3 is 5.69 Å². The minimum absolute atomic E-state index is 0.118. The minimum Gasteiger partial charge on any atom is -0.395 e. The van der Waals surface area contributed by atoms with Crippen LogP contribution < -0.4 is 11.0 Å². The number of hydrogen-bond donors (Lipinski definition) is 2. The molecule has 0 unspecified atom stereocenters. The summed E-state index contributed by atoms with van der Waals surface area (Å²) in [6.07, 6.45) is 3.60. The average molecular weight is 532 g/mol. The van der Waals surface area contributed by atoms with Gasteiger partial charge in [-0.3, -0.25) is 23.9 Å². The summed E-state index contributed by atoms with van der Waals surface area (Å²) in [4.78, 5) is 35.5. The van der Waals surface area contributed by atoms with E-state index in [1.165, 1.54) is 0 Å². The Kier molecular flexibility index (Phi) is 6.19. The Bertz CT molecular complexity index is 1970. The molecule has 8 heteroatoms. The van der Waals surface area contributed by atoms with Crippen molar-refractivity contribution in [2.75, 3.05) is 13.2 Å². The molecule has 3 aromatic heterocycles. The second-order valence-corrected chi connectivity index (χ2v) is 10.5. The molecular weight excluding hydrogens is 502 g/mol. The zero-order chi connectivity index (χ0) is 28.0. The smallest absolute Gasteiger partial charge is 0.333 e. The lowest BCUT2D eigenvalue weighted by molar-refractivity contribution is -0.125. The number of amides is 1. The van der Waals surface area contributed by atoms with Gasteiger partial charge < -0.3 is 10.4 Å². The number of hydrogen-bond acceptors (Lipinski definition) is 5. The highest BCUT2D eigenvalue weighted by molar-refractivity contribution is 6.05. The fourth-order valence-corrected chi connectivity index (χ4v) is 5.19. The van der Waals surface area contributed by atoms with Gasteiger partial charge in [0.2, 0.25) is 5.91 Å². The van der Waals surface area contributed by atoms with Gasteiger partial charge in [0.25, 0.3) is 0 Å². The molecule has 40 heavy (non-hydrogen) atoms. The van der Waals surface area contributed by atoms with Crippen LogP contribution in [-0.2, 0) is 17.3 Å². The van der Waals surface area contributed by atoms with Gasteiger partial charge in [-0.05, 0) is 61.4 Å². The second kappa shape index (κ2) is 9.73. The van der Waals surface area contributed by atoms with Crippen LogP contribution in [0.5, 0.6) is 0 Å². The summed E-state index contributed by atoms with van der Waals surface area (Å²) in [5, 5.41) is 13.7. The number of aryl methyl sites for hydroxylation is 1. The molecule has 200 valence electrons. The molecule has 0 saturated carbocycles. The fraction of sp³-hybridized carbons (Fsp3) is 0.188. The highest BCUT2D eigenvalue weighted by Crippen LogP contribution is 2.31. The summed E-state index contributed by atoms with van der Waals surface area (Å²) < 4.78 is 3.30. The first-order chi connectivity index (χ1) is 19.3. The number of rotatable bonds is 6. The average Bonchev–Trinajstić information content (AvgIpc) is 3.25. The van der Waals surface area contributed by atoms with Crippen LogP contribution in [-0.4, -0.2) is 43.3 Å². The van der Waals surface area contributed by atoms with Crippen molar-refractivity contribution in [2.45, 2.75) is 19.3 Å². The molecule has 0 aliphatic rings. The van der Waals surface area contributed by atoms with E-state index in [0.717, 1.165) is 49.5 Å². The Labute approximate surface area is 230 Å². The van der Waals surface area contributed by atoms with Gasteiger partial charge in [-0.15, -0.1) is 0 Å². The molecule has 3 aromatic carbocycles.